The van der Waals surface area contributed by atoms with Gasteiger partial charge in [-0.2, -0.15) is 0 Å². The minimum atomic E-state index is 0.770. The van der Waals surface area contributed by atoms with Crippen molar-refractivity contribution in [2.45, 2.75) is 33.7 Å². The van der Waals surface area contributed by atoms with Crippen molar-refractivity contribution >= 4 is 11.6 Å². The molecule has 2 aromatic rings. The maximum atomic E-state index is 4.50. The normalized spacial score (nSPS) is 10.3. The fourth-order valence-corrected chi connectivity index (χ4v) is 1.92. The fraction of sp³-hybridized carbons (Fsp3) is 0.375. The molecule has 0 unspecified atom stereocenters. The fourth-order valence-electron chi connectivity index (χ4n) is 1.92. The second-order valence-electron chi connectivity index (χ2n) is 4.78. The molecule has 0 bridgehead atoms. The van der Waals surface area contributed by atoms with Gasteiger partial charge >= 0.3 is 0 Å². The van der Waals surface area contributed by atoms with E-state index in [1.165, 1.54) is 11.1 Å². The van der Waals surface area contributed by atoms with E-state index in [1.807, 2.05) is 6.07 Å². The third-order valence-electron chi connectivity index (χ3n) is 3.04. The Balaban J connectivity index is 2.07. The number of hydrogen-bond donors (Lipinski definition) is 2. The molecule has 0 aliphatic rings. The molecule has 0 saturated carbocycles. The molecule has 2 rings (SSSR count). The van der Waals surface area contributed by atoms with Gasteiger partial charge in [0.15, 0.2) is 0 Å². The first-order chi connectivity index (χ1) is 9.71. The van der Waals surface area contributed by atoms with Crippen LogP contribution in [0.2, 0.25) is 0 Å². The van der Waals surface area contributed by atoms with Crippen LogP contribution in [-0.2, 0) is 13.0 Å². The van der Waals surface area contributed by atoms with Gasteiger partial charge in [0.25, 0.3) is 0 Å². The average molecular weight is 270 g/mol. The third kappa shape index (κ3) is 3.95. The number of aryl methyl sites for hydroxylation is 2. The van der Waals surface area contributed by atoms with Crippen LogP contribution in [0.15, 0.2) is 30.3 Å². The highest BCUT2D eigenvalue weighted by atomic mass is 15.1. The third-order valence-corrected chi connectivity index (χ3v) is 3.04. The monoisotopic (exact) mass is 270 g/mol. The van der Waals surface area contributed by atoms with Crippen molar-refractivity contribution in [3.8, 4) is 0 Å². The number of nitrogens with zero attached hydrogens (tertiary/aromatic N) is 2. The van der Waals surface area contributed by atoms with Crippen molar-refractivity contribution in [3.05, 3.63) is 47.3 Å². The van der Waals surface area contributed by atoms with Gasteiger partial charge in [0.1, 0.15) is 17.5 Å². The van der Waals surface area contributed by atoms with Crippen LogP contribution in [-0.4, -0.2) is 16.5 Å². The van der Waals surface area contributed by atoms with Gasteiger partial charge < -0.3 is 10.6 Å². The quantitative estimate of drug-likeness (QED) is 0.844. The number of benzene rings is 1. The molecule has 1 aromatic carbocycles. The van der Waals surface area contributed by atoms with Gasteiger partial charge in [-0.25, -0.2) is 9.97 Å². The molecule has 106 valence electrons. The van der Waals surface area contributed by atoms with Crippen LogP contribution in [0.25, 0.3) is 0 Å². The summed E-state index contributed by atoms with van der Waals surface area (Å²) in [5, 5.41) is 6.60. The second-order valence-corrected chi connectivity index (χ2v) is 4.78. The standard InChI is InChI=1S/C16H22N4/c1-4-14-19-15(17-5-2)10-16(20-14)18-11-13-8-6-12(3)7-9-13/h6-10H,4-5,11H2,1-3H3,(H2,17,18,19,20). The lowest BCUT2D eigenvalue weighted by molar-refractivity contribution is 0.929. The lowest BCUT2D eigenvalue weighted by Crippen LogP contribution is -2.07. The molecule has 0 spiro atoms. The lowest BCUT2D eigenvalue weighted by atomic mass is 10.1. The van der Waals surface area contributed by atoms with E-state index in [9.17, 15) is 0 Å². The van der Waals surface area contributed by atoms with E-state index in [2.05, 4.69) is 65.6 Å². The van der Waals surface area contributed by atoms with E-state index in [-0.39, 0.29) is 0 Å². The highest BCUT2D eigenvalue weighted by molar-refractivity contribution is 5.48. The SMILES string of the molecule is CCNc1cc(NCc2ccc(C)cc2)nc(CC)n1. The van der Waals surface area contributed by atoms with Gasteiger partial charge in [0.05, 0.1) is 0 Å². The van der Waals surface area contributed by atoms with Gasteiger partial charge in [-0.05, 0) is 19.4 Å². The Morgan fingerprint density at radius 2 is 1.60 bits per heavy atom. The first-order valence-electron chi connectivity index (χ1n) is 7.12. The van der Waals surface area contributed by atoms with Crippen molar-refractivity contribution < 1.29 is 0 Å². The van der Waals surface area contributed by atoms with Crippen LogP contribution in [0.4, 0.5) is 11.6 Å². The van der Waals surface area contributed by atoms with Gasteiger partial charge in [-0.1, -0.05) is 36.8 Å². The van der Waals surface area contributed by atoms with E-state index >= 15 is 0 Å². The molecular weight excluding hydrogens is 248 g/mol. The highest BCUT2D eigenvalue weighted by Crippen LogP contribution is 2.13. The van der Waals surface area contributed by atoms with Crippen molar-refractivity contribution in [2.75, 3.05) is 17.2 Å². The smallest absolute Gasteiger partial charge is 0.132 e. The average Bonchev–Trinajstić information content (AvgIpc) is 2.47. The topological polar surface area (TPSA) is 49.8 Å². The summed E-state index contributed by atoms with van der Waals surface area (Å²) in [5.41, 5.74) is 2.52. The summed E-state index contributed by atoms with van der Waals surface area (Å²) in [6.07, 6.45) is 0.832. The maximum absolute atomic E-state index is 4.50. The zero-order valence-corrected chi connectivity index (χ0v) is 12.4. The first-order valence-corrected chi connectivity index (χ1v) is 7.12. The Bertz CT molecular complexity index is 549. The first kappa shape index (κ1) is 14.3. The van der Waals surface area contributed by atoms with Gasteiger partial charge in [0.2, 0.25) is 0 Å². The molecule has 4 nitrogen and oxygen atoms in total. The van der Waals surface area contributed by atoms with Crippen LogP contribution < -0.4 is 10.6 Å². The Morgan fingerprint density at radius 1 is 0.950 bits per heavy atom. The highest BCUT2D eigenvalue weighted by Gasteiger charge is 2.03. The number of nitrogens with one attached hydrogen (secondary N) is 2. The Morgan fingerprint density at radius 3 is 2.20 bits per heavy atom. The Kier molecular flexibility index (Phi) is 4.93. The van der Waals surface area contributed by atoms with Gasteiger partial charge in [0, 0.05) is 25.6 Å². The molecule has 0 aliphatic carbocycles. The van der Waals surface area contributed by atoms with Gasteiger partial charge in [-0.3, -0.25) is 0 Å². The van der Waals surface area contributed by atoms with Crippen molar-refractivity contribution in [2.24, 2.45) is 0 Å². The molecule has 0 aliphatic heterocycles. The minimum absolute atomic E-state index is 0.770. The second kappa shape index (κ2) is 6.89. The van der Waals surface area contributed by atoms with Gasteiger partial charge in [-0.15, -0.1) is 0 Å². The minimum Gasteiger partial charge on any atom is -0.370 e. The molecule has 1 heterocycles. The van der Waals surface area contributed by atoms with Crippen molar-refractivity contribution in [1.29, 1.82) is 0 Å². The molecule has 0 amide bonds. The zero-order valence-electron chi connectivity index (χ0n) is 12.4. The molecule has 4 heteroatoms. The predicted octanol–water partition coefficient (Wildman–Crippen LogP) is 3.39. The summed E-state index contributed by atoms with van der Waals surface area (Å²) >= 11 is 0. The van der Waals surface area contributed by atoms with Crippen LogP contribution in [0.3, 0.4) is 0 Å². The van der Waals surface area contributed by atoms with Crippen molar-refractivity contribution in [3.63, 3.8) is 0 Å². The van der Waals surface area contributed by atoms with E-state index in [0.717, 1.165) is 37.0 Å². The maximum Gasteiger partial charge on any atom is 0.132 e. The molecule has 2 N–H and O–H groups in total. The molecule has 20 heavy (non-hydrogen) atoms. The molecule has 0 saturated heterocycles. The number of rotatable bonds is 6. The molecule has 0 atom stereocenters. The molecule has 0 fully saturated rings. The number of aromatic nitrogens is 2. The Labute approximate surface area is 120 Å². The van der Waals surface area contributed by atoms with E-state index in [0.29, 0.717) is 0 Å². The van der Waals surface area contributed by atoms with Crippen LogP contribution in [0.1, 0.15) is 30.8 Å². The zero-order chi connectivity index (χ0) is 14.4. The molecular formula is C16H22N4. The van der Waals surface area contributed by atoms with E-state index in [4.69, 9.17) is 0 Å². The summed E-state index contributed by atoms with van der Waals surface area (Å²) in [5.74, 6) is 2.61. The van der Waals surface area contributed by atoms with E-state index < -0.39 is 0 Å². The summed E-state index contributed by atoms with van der Waals surface area (Å²) in [6.45, 7) is 7.85. The van der Waals surface area contributed by atoms with Crippen LogP contribution in [0, 0.1) is 6.92 Å². The molecule has 1 aromatic heterocycles. The van der Waals surface area contributed by atoms with E-state index in [1.54, 1.807) is 0 Å². The summed E-state index contributed by atoms with van der Waals surface area (Å²) in [6, 6.07) is 10.5. The Hall–Kier alpha value is -2.10. The van der Waals surface area contributed by atoms with Crippen molar-refractivity contribution in [1.82, 2.24) is 9.97 Å². The summed E-state index contributed by atoms with van der Waals surface area (Å²) in [4.78, 5) is 8.95. The largest absolute Gasteiger partial charge is 0.370 e. The lowest BCUT2D eigenvalue weighted by Gasteiger charge is -2.10. The predicted molar refractivity (Wildman–Crippen MR) is 84.1 cm³/mol. The number of hydrogen-bond acceptors (Lipinski definition) is 4. The number of anilines is 2. The molecule has 0 radical (unpaired) electrons. The summed E-state index contributed by atoms with van der Waals surface area (Å²) < 4.78 is 0. The van der Waals surface area contributed by atoms with Crippen LogP contribution in [0.5, 0.6) is 0 Å². The summed E-state index contributed by atoms with van der Waals surface area (Å²) in [7, 11) is 0. The van der Waals surface area contributed by atoms with Crippen LogP contribution >= 0.6 is 0 Å².